The van der Waals surface area contributed by atoms with E-state index in [1.54, 1.807) is 6.07 Å². The van der Waals surface area contributed by atoms with E-state index in [0.717, 1.165) is 3.51 Å². The Kier molecular flexibility index (Phi) is 10.6. The Hall–Kier alpha value is -0.892. The predicted molar refractivity (Wildman–Crippen MR) is 51.4 cm³/mol. The molecule has 1 aromatic carbocycles. The van der Waals surface area contributed by atoms with E-state index < -0.39 is 5.97 Å². The molecule has 0 aliphatic rings. The van der Waals surface area contributed by atoms with Gasteiger partial charge in [-0.05, 0) is 0 Å². The average molecular weight is 342 g/mol. The van der Waals surface area contributed by atoms with Crippen LogP contribution in [0.3, 0.4) is 0 Å². The van der Waals surface area contributed by atoms with E-state index in [1.807, 2.05) is 0 Å². The van der Waals surface area contributed by atoms with Crippen molar-refractivity contribution in [3.8, 4) is 0 Å². The van der Waals surface area contributed by atoms with Crippen LogP contribution in [-0.4, -0.2) is 55.8 Å². The van der Waals surface area contributed by atoms with Gasteiger partial charge in [0.05, 0.1) is 0 Å². The zero-order chi connectivity index (χ0) is 10.0. The molecular formula is C7H10NO7Sb-2. The Labute approximate surface area is 104 Å². The van der Waals surface area contributed by atoms with Crippen molar-refractivity contribution in [3.05, 3.63) is 23.8 Å². The maximum atomic E-state index is 10.5. The Morgan fingerprint density at radius 3 is 2.19 bits per heavy atom. The van der Waals surface area contributed by atoms with Gasteiger partial charge in [-0.15, -0.1) is 0 Å². The molecule has 0 aliphatic heterocycles. The molecule has 0 saturated heterocycles. The summed E-state index contributed by atoms with van der Waals surface area (Å²) in [6, 6.07) is 4.17. The maximum absolute atomic E-state index is 10.5. The maximum Gasteiger partial charge on any atom is -0.870 e. The molecule has 8 nitrogen and oxygen atoms in total. The third-order valence-corrected chi connectivity index (χ3v) is 2.21. The van der Waals surface area contributed by atoms with Gasteiger partial charge in [0.25, 0.3) is 0 Å². The van der Waals surface area contributed by atoms with Gasteiger partial charge in [-0.25, -0.2) is 0 Å². The number of carboxylic acid groups (broad SMARTS) is 1. The number of aromatic carboxylic acids is 1. The molecule has 0 bridgehead atoms. The van der Waals surface area contributed by atoms with Crippen LogP contribution in [0.15, 0.2) is 18.2 Å². The number of carbonyl (C=O) groups is 1. The first-order valence-electron chi connectivity index (χ1n) is 3.24. The van der Waals surface area contributed by atoms with Gasteiger partial charge in [-0.1, -0.05) is 0 Å². The van der Waals surface area contributed by atoms with Crippen LogP contribution in [0.1, 0.15) is 10.4 Å². The standard InChI is InChI=1S/C7H6NO4.3H2O.Sb/c9-7(10)5-3-1-2-4-6(5)8(11)12;;;;/h1,3-4,11-12H,(H,9,10);3*1H2;/p-2. The Morgan fingerprint density at radius 2 is 1.81 bits per heavy atom. The van der Waals surface area contributed by atoms with E-state index in [9.17, 15) is 9.90 Å². The largest absolute Gasteiger partial charge is 0.870 e. The molecule has 16 heavy (non-hydrogen) atoms. The third-order valence-electron chi connectivity index (χ3n) is 1.42. The molecule has 0 amide bonds. The van der Waals surface area contributed by atoms with Gasteiger partial charge in [0.1, 0.15) is 0 Å². The minimum Gasteiger partial charge on any atom is -0.870 e. The molecule has 1 aromatic rings. The second-order valence-electron chi connectivity index (χ2n) is 2.28. The van der Waals surface area contributed by atoms with Crippen LogP contribution in [0, 0.1) is 0 Å². The van der Waals surface area contributed by atoms with E-state index in [0.29, 0.717) is 0 Å². The van der Waals surface area contributed by atoms with Crippen molar-refractivity contribution in [2.24, 2.45) is 0 Å². The Morgan fingerprint density at radius 1 is 1.31 bits per heavy atom. The SMILES string of the molecule is O.O.O=C([O-])c1cc[c]([Sb])cc1N(O)O.[OH-]. The van der Waals surface area contributed by atoms with Crippen molar-refractivity contribution in [1.82, 2.24) is 0 Å². The molecule has 0 saturated carbocycles. The summed E-state index contributed by atoms with van der Waals surface area (Å²) in [6.07, 6.45) is 0. The van der Waals surface area contributed by atoms with Gasteiger partial charge >= 0.3 is 87.5 Å². The van der Waals surface area contributed by atoms with Gasteiger partial charge < -0.3 is 16.4 Å². The van der Waals surface area contributed by atoms with E-state index in [2.05, 4.69) is 0 Å². The van der Waals surface area contributed by atoms with Crippen molar-refractivity contribution < 1.29 is 36.7 Å². The summed E-state index contributed by atoms with van der Waals surface area (Å²) in [6.45, 7) is 0. The quantitative estimate of drug-likeness (QED) is 0.418. The molecule has 92 valence electrons. The summed E-state index contributed by atoms with van der Waals surface area (Å²) in [7, 11) is 0. The first kappa shape index (κ1) is 20.5. The zero-order valence-electron chi connectivity index (χ0n) is 7.78. The summed E-state index contributed by atoms with van der Waals surface area (Å²) < 4.78 is 0.766. The summed E-state index contributed by atoms with van der Waals surface area (Å²) in [4.78, 5) is 10.5. The number of carbonyl (C=O) groups excluding carboxylic acids is 1. The molecule has 1 rings (SSSR count). The van der Waals surface area contributed by atoms with E-state index >= 15 is 0 Å². The number of carboxylic acids is 1. The first-order valence-corrected chi connectivity index (χ1v) is 4.52. The fraction of sp³-hybridized carbons (Fsp3) is 0. The normalized spacial score (nSPS) is 7.94. The molecule has 0 atom stereocenters. The zero-order valence-corrected chi connectivity index (χ0v) is 10.3. The van der Waals surface area contributed by atoms with Crippen LogP contribution in [0.5, 0.6) is 0 Å². The molecule has 2 radical (unpaired) electrons. The molecule has 0 fully saturated rings. The van der Waals surface area contributed by atoms with E-state index in [-0.39, 0.29) is 32.9 Å². The van der Waals surface area contributed by atoms with E-state index in [1.165, 1.54) is 35.2 Å². The first-order chi connectivity index (χ1) is 6.02. The van der Waals surface area contributed by atoms with Crippen molar-refractivity contribution in [2.45, 2.75) is 0 Å². The van der Waals surface area contributed by atoms with Crippen molar-refractivity contribution in [2.75, 3.05) is 5.23 Å². The monoisotopic (exact) mass is 341 g/mol. The number of nitrogens with zero attached hydrogens (tertiary/aromatic N) is 1. The van der Waals surface area contributed by atoms with Crippen LogP contribution < -0.4 is 13.8 Å². The third kappa shape index (κ3) is 4.75. The van der Waals surface area contributed by atoms with Crippen LogP contribution in [0.25, 0.3) is 0 Å². The second-order valence-corrected chi connectivity index (χ2v) is 3.75. The molecular weight excluding hydrogens is 332 g/mol. The fourth-order valence-electron chi connectivity index (χ4n) is 0.858. The number of benzene rings is 1. The number of anilines is 1. The molecule has 0 heterocycles. The van der Waals surface area contributed by atoms with Crippen molar-refractivity contribution in [1.29, 1.82) is 0 Å². The topological polar surface area (TPSA) is 177 Å². The molecule has 0 aliphatic carbocycles. The summed E-state index contributed by atoms with van der Waals surface area (Å²) in [5, 5.41) is 27.6. The fourth-order valence-corrected chi connectivity index (χ4v) is 1.42. The smallest absolute Gasteiger partial charge is 0.870 e. The van der Waals surface area contributed by atoms with Gasteiger partial charge in [-0.2, -0.15) is 0 Å². The van der Waals surface area contributed by atoms with Crippen molar-refractivity contribution >= 4 is 38.2 Å². The van der Waals surface area contributed by atoms with Gasteiger partial charge in [0.15, 0.2) is 0 Å². The molecule has 0 unspecified atom stereocenters. The number of rotatable bonds is 2. The number of hydrogen-bond acceptors (Lipinski definition) is 6. The second kappa shape index (κ2) is 8.28. The van der Waals surface area contributed by atoms with Crippen LogP contribution in [0.2, 0.25) is 0 Å². The predicted octanol–water partition coefficient (Wildman–Crippen LogP) is -3.40. The minimum absolute atomic E-state index is 0. The number of hydrogen-bond donors (Lipinski definition) is 2. The molecule has 0 spiro atoms. The van der Waals surface area contributed by atoms with Crippen LogP contribution >= 0.6 is 0 Å². The van der Waals surface area contributed by atoms with Gasteiger partial charge in [0, 0.05) is 0 Å². The average Bonchev–Trinajstić information content (AvgIpc) is 2.03. The summed E-state index contributed by atoms with van der Waals surface area (Å²) >= 11 is 1.34. The Balaban J connectivity index is -0.000000563. The van der Waals surface area contributed by atoms with Gasteiger partial charge in [0.2, 0.25) is 0 Å². The molecule has 7 N–H and O–H groups in total. The van der Waals surface area contributed by atoms with Crippen LogP contribution in [0.4, 0.5) is 5.69 Å². The van der Waals surface area contributed by atoms with Crippen molar-refractivity contribution in [3.63, 3.8) is 0 Å². The van der Waals surface area contributed by atoms with E-state index in [4.69, 9.17) is 10.4 Å². The summed E-state index contributed by atoms with van der Waals surface area (Å²) in [5.41, 5.74) is -0.456. The molecule has 0 aromatic heterocycles. The molecule has 9 heteroatoms. The summed E-state index contributed by atoms with van der Waals surface area (Å²) in [5.74, 6) is -1.45. The van der Waals surface area contributed by atoms with Crippen LogP contribution in [-0.2, 0) is 0 Å². The van der Waals surface area contributed by atoms with Gasteiger partial charge in [-0.3, -0.25) is 0 Å². The minimum atomic E-state index is -1.45. The Bertz CT molecular complexity index is 344.